The summed E-state index contributed by atoms with van der Waals surface area (Å²) in [4.78, 5) is 14.5. The van der Waals surface area contributed by atoms with Crippen LogP contribution in [0.25, 0.3) is 0 Å². The molecule has 1 heterocycles. The molecule has 126 valence electrons. The molecule has 0 aromatic heterocycles. The van der Waals surface area contributed by atoms with E-state index < -0.39 is 0 Å². The van der Waals surface area contributed by atoms with Crippen molar-refractivity contribution < 1.29 is 14.6 Å². The van der Waals surface area contributed by atoms with Crippen molar-refractivity contribution in [1.29, 1.82) is 0 Å². The minimum atomic E-state index is -0.193. The molecule has 2 aromatic carbocycles. The van der Waals surface area contributed by atoms with E-state index in [4.69, 9.17) is 16.3 Å². The van der Waals surface area contributed by atoms with Gasteiger partial charge >= 0.3 is 0 Å². The van der Waals surface area contributed by atoms with Crippen LogP contribution in [-0.4, -0.2) is 42.2 Å². The summed E-state index contributed by atoms with van der Waals surface area (Å²) < 4.78 is 5.31. The Balaban J connectivity index is 1.90. The summed E-state index contributed by atoms with van der Waals surface area (Å²) in [5.74, 6) is 0.0658. The van der Waals surface area contributed by atoms with Gasteiger partial charge in [-0.15, -0.1) is 0 Å². The molecule has 1 aliphatic rings. The van der Waals surface area contributed by atoms with Crippen molar-refractivity contribution in [3.63, 3.8) is 0 Å². The molecular formula is C19H20ClNO3. The zero-order valence-corrected chi connectivity index (χ0v) is 14.1. The molecule has 24 heavy (non-hydrogen) atoms. The van der Waals surface area contributed by atoms with Gasteiger partial charge in [0, 0.05) is 30.5 Å². The van der Waals surface area contributed by atoms with Crippen LogP contribution < -0.4 is 0 Å². The highest BCUT2D eigenvalue weighted by molar-refractivity contribution is 6.31. The number of rotatable bonds is 4. The number of phenols is 1. The molecule has 3 rings (SSSR count). The molecule has 5 heteroatoms. The molecule has 0 saturated carbocycles. The van der Waals surface area contributed by atoms with Crippen molar-refractivity contribution in [2.45, 2.75) is 12.3 Å². The normalized spacial score (nSPS) is 16.0. The average molecular weight is 346 g/mol. The second kappa shape index (κ2) is 7.69. The number of carbonyl (C=O) groups excluding carboxylic acids is 1. The summed E-state index contributed by atoms with van der Waals surface area (Å²) in [6, 6.07) is 14.6. The predicted octanol–water partition coefficient (Wildman–Crippen LogP) is 3.43. The van der Waals surface area contributed by atoms with Gasteiger partial charge in [0.1, 0.15) is 5.75 Å². The molecule has 4 nitrogen and oxygen atoms in total. The van der Waals surface area contributed by atoms with Gasteiger partial charge in [0.05, 0.1) is 13.2 Å². The average Bonchev–Trinajstić information content (AvgIpc) is 2.61. The molecule has 0 bridgehead atoms. The third-order valence-electron chi connectivity index (χ3n) is 4.30. The SMILES string of the molecule is O=C(C[C@@H](c1cccc(O)c1)c1ccccc1Cl)N1CCOCC1. The molecule has 1 fully saturated rings. The highest BCUT2D eigenvalue weighted by atomic mass is 35.5. The van der Waals surface area contributed by atoms with Gasteiger partial charge in [-0.25, -0.2) is 0 Å². The second-order valence-corrected chi connectivity index (χ2v) is 6.27. The third kappa shape index (κ3) is 3.89. The minimum Gasteiger partial charge on any atom is -0.508 e. The Bertz CT molecular complexity index is 713. The van der Waals surface area contributed by atoms with Crippen LogP contribution in [0.2, 0.25) is 5.02 Å². The lowest BCUT2D eigenvalue weighted by molar-refractivity contribution is -0.135. The first-order valence-electron chi connectivity index (χ1n) is 8.04. The van der Waals surface area contributed by atoms with Crippen molar-refractivity contribution in [2.24, 2.45) is 0 Å². The lowest BCUT2D eigenvalue weighted by atomic mass is 9.88. The number of ether oxygens (including phenoxy) is 1. The van der Waals surface area contributed by atoms with E-state index in [-0.39, 0.29) is 17.6 Å². The van der Waals surface area contributed by atoms with Crippen LogP contribution in [0.3, 0.4) is 0 Å². The topological polar surface area (TPSA) is 49.8 Å². The van der Waals surface area contributed by atoms with Crippen LogP contribution in [0.1, 0.15) is 23.5 Å². The largest absolute Gasteiger partial charge is 0.508 e. The van der Waals surface area contributed by atoms with Gasteiger partial charge in [0.15, 0.2) is 0 Å². The monoisotopic (exact) mass is 345 g/mol. The maximum Gasteiger partial charge on any atom is 0.223 e. The molecule has 1 amide bonds. The summed E-state index contributed by atoms with van der Waals surface area (Å²) in [6.45, 7) is 2.39. The van der Waals surface area contributed by atoms with Crippen molar-refractivity contribution in [2.75, 3.05) is 26.3 Å². The van der Waals surface area contributed by atoms with Crippen LogP contribution in [0.5, 0.6) is 5.75 Å². The lowest BCUT2D eigenvalue weighted by Gasteiger charge is -2.29. The maximum absolute atomic E-state index is 12.7. The Morgan fingerprint density at radius 1 is 1.17 bits per heavy atom. The molecule has 0 radical (unpaired) electrons. The Morgan fingerprint density at radius 2 is 1.92 bits per heavy atom. The predicted molar refractivity (Wildman–Crippen MR) is 93.4 cm³/mol. The van der Waals surface area contributed by atoms with E-state index in [9.17, 15) is 9.90 Å². The van der Waals surface area contributed by atoms with E-state index in [0.717, 1.165) is 11.1 Å². The number of hydrogen-bond donors (Lipinski definition) is 1. The Morgan fingerprint density at radius 3 is 2.62 bits per heavy atom. The summed E-state index contributed by atoms with van der Waals surface area (Å²) in [7, 11) is 0. The van der Waals surface area contributed by atoms with Gasteiger partial charge in [-0.1, -0.05) is 41.9 Å². The Hall–Kier alpha value is -2.04. The van der Waals surface area contributed by atoms with Crippen molar-refractivity contribution in [3.8, 4) is 5.75 Å². The molecule has 0 spiro atoms. The van der Waals surface area contributed by atoms with Gasteiger partial charge in [-0.2, -0.15) is 0 Å². The molecule has 2 aromatic rings. The molecule has 1 N–H and O–H groups in total. The number of amides is 1. The van der Waals surface area contributed by atoms with E-state index in [0.29, 0.717) is 37.7 Å². The fourth-order valence-corrected chi connectivity index (χ4v) is 3.29. The van der Waals surface area contributed by atoms with Crippen LogP contribution in [0, 0.1) is 0 Å². The van der Waals surface area contributed by atoms with E-state index >= 15 is 0 Å². The number of benzene rings is 2. The summed E-state index contributed by atoms with van der Waals surface area (Å²) in [5, 5.41) is 10.4. The molecule has 1 aliphatic heterocycles. The highest BCUT2D eigenvalue weighted by Crippen LogP contribution is 2.34. The third-order valence-corrected chi connectivity index (χ3v) is 4.64. The Kier molecular flexibility index (Phi) is 5.38. The summed E-state index contributed by atoms with van der Waals surface area (Å²) in [5.41, 5.74) is 1.77. The lowest BCUT2D eigenvalue weighted by Crippen LogP contribution is -2.41. The maximum atomic E-state index is 12.7. The molecular weight excluding hydrogens is 326 g/mol. The number of nitrogens with zero attached hydrogens (tertiary/aromatic N) is 1. The first kappa shape index (κ1) is 16.8. The smallest absolute Gasteiger partial charge is 0.223 e. The van der Waals surface area contributed by atoms with Gasteiger partial charge in [-0.05, 0) is 29.3 Å². The number of carbonyl (C=O) groups is 1. The summed E-state index contributed by atoms with van der Waals surface area (Å²) >= 11 is 6.37. The number of phenolic OH excluding ortho intramolecular Hbond substituents is 1. The number of halogens is 1. The fourth-order valence-electron chi connectivity index (χ4n) is 3.02. The van der Waals surface area contributed by atoms with Gasteiger partial charge in [0.2, 0.25) is 5.91 Å². The van der Waals surface area contributed by atoms with Gasteiger partial charge in [-0.3, -0.25) is 4.79 Å². The van der Waals surface area contributed by atoms with Crippen molar-refractivity contribution in [3.05, 3.63) is 64.7 Å². The molecule has 1 saturated heterocycles. The van der Waals surface area contributed by atoms with Gasteiger partial charge < -0.3 is 14.7 Å². The zero-order valence-electron chi connectivity index (χ0n) is 13.3. The van der Waals surface area contributed by atoms with Crippen LogP contribution in [-0.2, 0) is 9.53 Å². The van der Waals surface area contributed by atoms with Crippen LogP contribution >= 0.6 is 11.6 Å². The minimum absolute atomic E-state index is 0.0755. The fraction of sp³-hybridized carbons (Fsp3) is 0.316. The number of aromatic hydroxyl groups is 1. The van der Waals surface area contributed by atoms with E-state index in [1.807, 2.05) is 35.2 Å². The quantitative estimate of drug-likeness (QED) is 0.923. The van der Waals surface area contributed by atoms with Crippen molar-refractivity contribution >= 4 is 17.5 Å². The first-order chi connectivity index (χ1) is 11.6. The van der Waals surface area contributed by atoms with Crippen LogP contribution in [0.15, 0.2) is 48.5 Å². The zero-order chi connectivity index (χ0) is 16.9. The highest BCUT2D eigenvalue weighted by Gasteiger charge is 2.25. The second-order valence-electron chi connectivity index (χ2n) is 5.87. The molecule has 0 aliphatic carbocycles. The van der Waals surface area contributed by atoms with E-state index in [2.05, 4.69) is 0 Å². The summed E-state index contributed by atoms with van der Waals surface area (Å²) in [6.07, 6.45) is 0.313. The molecule has 0 unspecified atom stereocenters. The van der Waals surface area contributed by atoms with E-state index in [1.165, 1.54) is 0 Å². The number of hydrogen-bond acceptors (Lipinski definition) is 3. The van der Waals surface area contributed by atoms with Crippen molar-refractivity contribution in [1.82, 2.24) is 4.90 Å². The van der Waals surface area contributed by atoms with E-state index in [1.54, 1.807) is 18.2 Å². The molecule has 1 atom stereocenters. The number of morpholine rings is 1. The Labute approximate surface area is 146 Å². The standard InChI is InChI=1S/C19H20ClNO3/c20-18-7-2-1-6-16(18)17(14-4-3-5-15(22)12-14)13-19(23)21-8-10-24-11-9-21/h1-7,12,17,22H,8-11,13H2/t17-/m0/s1. The van der Waals surface area contributed by atoms with Gasteiger partial charge in [0.25, 0.3) is 0 Å². The first-order valence-corrected chi connectivity index (χ1v) is 8.42. The van der Waals surface area contributed by atoms with Crippen LogP contribution in [0.4, 0.5) is 0 Å².